The van der Waals surface area contributed by atoms with Gasteiger partial charge in [0.15, 0.2) is 5.96 Å². The Kier molecular flexibility index (Phi) is 4.26. The van der Waals surface area contributed by atoms with Gasteiger partial charge in [-0.1, -0.05) is 36.2 Å². The van der Waals surface area contributed by atoms with Crippen LogP contribution in [-0.2, 0) is 6.54 Å². The van der Waals surface area contributed by atoms with Crippen molar-refractivity contribution in [1.29, 1.82) is 0 Å². The second kappa shape index (κ2) is 5.92. The third-order valence-corrected chi connectivity index (χ3v) is 3.54. The number of halogens is 1. The minimum atomic E-state index is 0.511. The molecule has 1 saturated carbocycles. The summed E-state index contributed by atoms with van der Waals surface area (Å²) in [5.41, 5.74) is 6.80. The normalized spacial score (nSPS) is 16.6. The van der Waals surface area contributed by atoms with Gasteiger partial charge in [0.2, 0.25) is 0 Å². The number of nitrogens with one attached hydrogen (secondary N) is 1. The van der Waals surface area contributed by atoms with Gasteiger partial charge in [-0.05, 0) is 30.4 Å². The number of guanidine groups is 1. The van der Waals surface area contributed by atoms with Gasteiger partial charge in [0.1, 0.15) is 0 Å². The molecule has 0 spiro atoms. The van der Waals surface area contributed by atoms with Crippen LogP contribution in [0.15, 0.2) is 29.3 Å². The molecule has 0 radical (unpaired) electrons. The molecule has 17 heavy (non-hydrogen) atoms. The van der Waals surface area contributed by atoms with Crippen molar-refractivity contribution in [2.24, 2.45) is 16.6 Å². The van der Waals surface area contributed by atoms with Crippen LogP contribution >= 0.6 is 11.6 Å². The van der Waals surface area contributed by atoms with E-state index in [2.05, 4.69) is 10.3 Å². The smallest absolute Gasteiger partial charge is 0.188 e. The fraction of sp³-hybridized carbons (Fsp3) is 0.462. The van der Waals surface area contributed by atoms with Gasteiger partial charge in [-0.25, -0.2) is 4.99 Å². The highest BCUT2D eigenvalue weighted by atomic mass is 35.5. The molecule has 3 nitrogen and oxygen atoms in total. The number of nitrogens with zero attached hydrogens (tertiary/aromatic N) is 1. The Morgan fingerprint density at radius 1 is 1.41 bits per heavy atom. The van der Waals surface area contributed by atoms with Crippen LogP contribution in [0.1, 0.15) is 24.8 Å². The summed E-state index contributed by atoms with van der Waals surface area (Å²) in [7, 11) is 0. The highest BCUT2D eigenvalue weighted by Gasteiger charge is 2.16. The van der Waals surface area contributed by atoms with Crippen LogP contribution in [0, 0.1) is 5.92 Å². The van der Waals surface area contributed by atoms with Gasteiger partial charge in [0.05, 0.1) is 6.54 Å². The maximum atomic E-state index is 6.04. The Morgan fingerprint density at radius 2 is 2.18 bits per heavy atom. The molecule has 0 aromatic heterocycles. The predicted molar refractivity (Wildman–Crippen MR) is 72.1 cm³/mol. The maximum Gasteiger partial charge on any atom is 0.188 e. The van der Waals surface area contributed by atoms with E-state index < -0.39 is 0 Å². The van der Waals surface area contributed by atoms with E-state index in [1.54, 1.807) is 0 Å². The van der Waals surface area contributed by atoms with Gasteiger partial charge in [-0.3, -0.25) is 0 Å². The van der Waals surface area contributed by atoms with E-state index >= 15 is 0 Å². The Labute approximate surface area is 107 Å². The Balaban J connectivity index is 1.80. The summed E-state index contributed by atoms with van der Waals surface area (Å²) in [5, 5.41) is 3.90. The summed E-state index contributed by atoms with van der Waals surface area (Å²) in [5.74, 6) is 1.29. The highest BCUT2D eigenvalue weighted by Crippen LogP contribution is 2.25. The van der Waals surface area contributed by atoms with Gasteiger partial charge in [-0.2, -0.15) is 0 Å². The summed E-state index contributed by atoms with van der Waals surface area (Å²) in [6, 6.07) is 7.69. The third-order valence-electron chi connectivity index (χ3n) is 3.17. The molecule has 1 fully saturated rings. The van der Waals surface area contributed by atoms with E-state index in [0.29, 0.717) is 12.5 Å². The predicted octanol–water partition coefficient (Wildman–Crippen LogP) is 2.54. The lowest BCUT2D eigenvalue weighted by atomic mass is 9.85. The summed E-state index contributed by atoms with van der Waals surface area (Å²) in [4.78, 5) is 4.28. The van der Waals surface area contributed by atoms with Crippen LogP contribution in [0.4, 0.5) is 0 Å². The van der Waals surface area contributed by atoms with E-state index in [0.717, 1.165) is 23.0 Å². The van der Waals surface area contributed by atoms with Crippen LogP contribution in [0.25, 0.3) is 0 Å². The zero-order valence-electron chi connectivity index (χ0n) is 9.82. The van der Waals surface area contributed by atoms with Crippen molar-refractivity contribution < 1.29 is 0 Å². The van der Waals surface area contributed by atoms with Gasteiger partial charge < -0.3 is 11.1 Å². The van der Waals surface area contributed by atoms with Crippen LogP contribution in [0.3, 0.4) is 0 Å². The Bertz CT molecular complexity index is 399. The Hall–Kier alpha value is -1.22. The lowest BCUT2D eigenvalue weighted by Gasteiger charge is -2.25. The number of rotatable bonds is 4. The third kappa shape index (κ3) is 3.63. The van der Waals surface area contributed by atoms with Gasteiger partial charge in [-0.15, -0.1) is 0 Å². The van der Waals surface area contributed by atoms with Crippen molar-refractivity contribution in [1.82, 2.24) is 5.32 Å². The maximum absolute atomic E-state index is 6.04. The monoisotopic (exact) mass is 251 g/mol. The van der Waals surface area contributed by atoms with Gasteiger partial charge >= 0.3 is 0 Å². The van der Waals surface area contributed by atoms with Gasteiger partial charge in [0, 0.05) is 11.6 Å². The van der Waals surface area contributed by atoms with Crippen LogP contribution in [0.2, 0.25) is 5.02 Å². The lowest BCUT2D eigenvalue weighted by Crippen LogP contribution is -2.37. The van der Waals surface area contributed by atoms with E-state index in [1.165, 1.54) is 19.3 Å². The fourth-order valence-corrected chi connectivity index (χ4v) is 1.99. The van der Waals surface area contributed by atoms with E-state index in [4.69, 9.17) is 17.3 Å². The number of nitrogens with two attached hydrogens (primary N) is 1. The van der Waals surface area contributed by atoms with Crippen molar-refractivity contribution in [3.05, 3.63) is 34.9 Å². The molecule has 0 amide bonds. The van der Waals surface area contributed by atoms with Crippen molar-refractivity contribution in [3.8, 4) is 0 Å². The molecule has 1 aromatic rings. The zero-order valence-corrected chi connectivity index (χ0v) is 10.6. The first-order chi connectivity index (χ1) is 8.25. The van der Waals surface area contributed by atoms with Crippen LogP contribution in [0.5, 0.6) is 0 Å². The van der Waals surface area contributed by atoms with Crippen molar-refractivity contribution >= 4 is 17.6 Å². The van der Waals surface area contributed by atoms with Crippen molar-refractivity contribution in [2.45, 2.75) is 25.8 Å². The molecule has 0 saturated heterocycles. The van der Waals surface area contributed by atoms with Gasteiger partial charge in [0.25, 0.3) is 0 Å². The van der Waals surface area contributed by atoms with E-state index in [9.17, 15) is 0 Å². The summed E-state index contributed by atoms with van der Waals surface area (Å²) in [6.45, 7) is 1.47. The molecule has 0 heterocycles. The molecule has 1 aromatic carbocycles. The quantitative estimate of drug-likeness (QED) is 0.638. The van der Waals surface area contributed by atoms with Crippen molar-refractivity contribution in [2.75, 3.05) is 6.54 Å². The fourth-order valence-electron chi connectivity index (χ4n) is 1.80. The van der Waals surface area contributed by atoms with E-state index in [-0.39, 0.29) is 0 Å². The SMILES string of the molecule is NC(=NCc1ccccc1Cl)NCC1CCC1. The molecular weight excluding hydrogens is 234 g/mol. The second-order valence-electron chi connectivity index (χ2n) is 4.47. The van der Waals surface area contributed by atoms with Crippen LogP contribution < -0.4 is 11.1 Å². The summed E-state index contributed by atoms with van der Waals surface area (Å²) < 4.78 is 0. The molecule has 0 bridgehead atoms. The largest absolute Gasteiger partial charge is 0.370 e. The van der Waals surface area contributed by atoms with Crippen LogP contribution in [-0.4, -0.2) is 12.5 Å². The first-order valence-electron chi connectivity index (χ1n) is 6.03. The molecule has 3 N–H and O–H groups in total. The number of aliphatic imine (C=N–C) groups is 1. The van der Waals surface area contributed by atoms with E-state index in [1.807, 2.05) is 24.3 Å². The molecular formula is C13H18ClN3. The number of hydrogen-bond donors (Lipinski definition) is 2. The standard InChI is InChI=1S/C13H18ClN3/c14-12-7-2-1-6-11(12)9-17-13(15)16-8-10-4-3-5-10/h1-2,6-7,10H,3-5,8-9H2,(H3,15,16,17). The highest BCUT2D eigenvalue weighted by molar-refractivity contribution is 6.31. The van der Waals surface area contributed by atoms with Crippen molar-refractivity contribution in [3.63, 3.8) is 0 Å². The number of benzene rings is 1. The molecule has 92 valence electrons. The molecule has 0 aliphatic heterocycles. The molecule has 4 heteroatoms. The summed E-state index contributed by atoms with van der Waals surface area (Å²) >= 11 is 6.04. The first kappa shape index (κ1) is 12.2. The first-order valence-corrected chi connectivity index (χ1v) is 6.40. The molecule has 0 unspecified atom stereocenters. The average molecular weight is 252 g/mol. The molecule has 0 atom stereocenters. The minimum Gasteiger partial charge on any atom is -0.370 e. The molecule has 2 rings (SSSR count). The Morgan fingerprint density at radius 3 is 2.82 bits per heavy atom. The topological polar surface area (TPSA) is 50.4 Å². The molecule has 1 aliphatic rings. The summed E-state index contributed by atoms with van der Waals surface area (Å²) in [6.07, 6.45) is 3.97. The minimum absolute atomic E-state index is 0.511. The lowest BCUT2D eigenvalue weighted by molar-refractivity contribution is 0.315. The number of hydrogen-bond acceptors (Lipinski definition) is 1. The molecule has 1 aliphatic carbocycles. The zero-order chi connectivity index (χ0) is 12.1. The second-order valence-corrected chi connectivity index (χ2v) is 4.88. The average Bonchev–Trinajstić information content (AvgIpc) is 2.26.